The summed E-state index contributed by atoms with van der Waals surface area (Å²) in [4.78, 5) is 6.13. The van der Waals surface area contributed by atoms with Crippen LogP contribution in [0.25, 0.3) is 0 Å². The average molecular weight is 277 g/mol. The Labute approximate surface area is 120 Å². The van der Waals surface area contributed by atoms with Crippen LogP contribution in [-0.4, -0.2) is 46.9 Å². The van der Waals surface area contributed by atoms with Crippen molar-refractivity contribution in [2.75, 3.05) is 19.7 Å². The first-order chi connectivity index (χ1) is 9.61. The Bertz CT molecular complexity index is 403. The zero-order valence-corrected chi connectivity index (χ0v) is 12.2. The molecule has 0 aliphatic heterocycles. The van der Waals surface area contributed by atoms with E-state index in [-0.39, 0.29) is 6.10 Å². The summed E-state index contributed by atoms with van der Waals surface area (Å²) < 4.78 is 5.41. The molecule has 0 bridgehead atoms. The van der Waals surface area contributed by atoms with Crippen molar-refractivity contribution in [2.24, 2.45) is 0 Å². The number of aliphatic hydroxyl groups is 1. The molecule has 1 atom stereocenters. The van der Waals surface area contributed by atoms with Gasteiger partial charge in [0.2, 0.25) is 0 Å². The molecule has 1 aromatic heterocycles. The fraction of sp³-hybridized carbons (Fsp3) is 0.600. The molecule has 0 saturated carbocycles. The second-order valence-electron chi connectivity index (χ2n) is 5.04. The summed E-state index contributed by atoms with van der Waals surface area (Å²) in [7, 11) is 0. The van der Waals surface area contributed by atoms with Crippen LogP contribution in [0.1, 0.15) is 25.8 Å². The number of aromatic nitrogens is 1. The Balaban J connectivity index is 2.49. The van der Waals surface area contributed by atoms with E-state index in [4.69, 9.17) is 10.00 Å². The lowest BCUT2D eigenvalue weighted by atomic mass is 10.2. The SMILES string of the molecule is CC(C)OCC(O)CN(CCC#N)Cc1cccnc1. The van der Waals surface area contributed by atoms with E-state index in [0.717, 1.165) is 5.56 Å². The third-order valence-corrected chi connectivity index (χ3v) is 2.76. The molecule has 0 amide bonds. The summed E-state index contributed by atoms with van der Waals surface area (Å²) in [5, 5.41) is 18.7. The van der Waals surface area contributed by atoms with Gasteiger partial charge in [-0.25, -0.2) is 0 Å². The zero-order chi connectivity index (χ0) is 14.8. The van der Waals surface area contributed by atoms with Gasteiger partial charge in [0.25, 0.3) is 0 Å². The topological polar surface area (TPSA) is 69.4 Å². The maximum absolute atomic E-state index is 9.98. The second kappa shape index (κ2) is 9.43. The van der Waals surface area contributed by atoms with E-state index in [2.05, 4.69) is 16.0 Å². The third kappa shape index (κ3) is 7.19. The molecule has 0 radical (unpaired) electrons. The van der Waals surface area contributed by atoms with Crippen molar-refractivity contribution < 1.29 is 9.84 Å². The molecule has 0 fully saturated rings. The number of nitrogens with zero attached hydrogens (tertiary/aromatic N) is 3. The summed E-state index contributed by atoms with van der Waals surface area (Å²) in [6, 6.07) is 6.01. The smallest absolute Gasteiger partial charge is 0.0900 e. The molecule has 5 nitrogen and oxygen atoms in total. The number of ether oxygens (including phenoxy) is 1. The minimum atomic E-state index is -0.548. The number of rotatable bonds is 9. The average Bonchev–Trinajstić information content (AvgIpc) is 2.43. The summed E-state index contributed by atoms with van der Waals surface area (Å²) in [5.74, 6) is 0. The molecule has 0 aliphatic carbocycles. The minimum Gasteiger partial charge on any atom is -0.389 e. The van der Waals surface area contributed by atoms with Crippen LogP contribution in [0.3, 0.4) is 0 Å². The zero-order valence-electron chi connectivity index (χ0n) is 12.2. The third-order valence-electron chi connectivity index (χ3n) is 2.76. The summed E-state index contributed by atoms with van der Waals surface area (Å²) in [6.45, 7) is 5.99. The molecule has 1 rings (SSSR count). The van der Waals surface area contributed by atoms with Crippen molar-refractivity contribution in [3.63, 3.8) is 0 Å². The van der Waals surface area contributed by atoms with Crippen molar-refractivity contribution in [2.45, 2.75) is 39.0 Å². The van der Waals surface area contributed by atoms with Gasteiger partial charge in [0, 0.05) is 38.4 Å². The number of nitriles is 1. The number of hydrogen-bond donors (Lipinski definition) is 1. The molecule has 1 aromatic rings. The second-order valence-corrected chi connectivity index (χ2v) is 5.04. The molecule has 0 saturated heterocycles. The van der Waals surface area contributed by atoms with Gasteiger partial charge in [-0.1, -0.05) is 6.07 Å². The normalized spacial score (nSPS) is 12.6. The molecule has 1 unspecified atom stereocenters. The predicted molar refractivity (Wildman–Crippen MR) is 76.8 cm³/mol. The first-order valence-corrected chi connectivity index (χ1v) is 6.89. The Hall–Kier alpha value is -1.48. The highest BCUT2D eigenvalue weighted by atomic mass is 16.5. The van der Waals surface area contributed by atoms with Gasteiger partial charge in [-0.3, -0.25) is 9.88 Å². The molecule has 5 heteroatoms. The van der Waals surface area contributed by atoms with E-state index in [1.807, 2.05) is 26.0 Å². The lowest BCUT2D eigenvalue weighted by Crippen LogP contribution is -2.35. The van der Waals surface area contributed by atoms with Gasteiger partial charge in [0.05, 0.1) is 24.9 Å². The summed E-state index contributed by atoms with van der Waals surface area (Å²) in [6.07, 6.45) is 3.53. The van der Waals surface area contributed by atoms with E-state index >= 15 is 0 Å². The van der Waals surface area contributed by atoms with E-state index < -0.39 is 6.10 Å². The molecule has 1 N–H and O–H groups in total. The van der Waals surface area contributed by atoms with E-state index in [0.29, 0.717) is 32.7 Å². The number of hydrogen-bond acceptors (Lipinski definition) is 5. The van der Waals surface area contributed by atoms with Crippen LogP contribution in [0.15, 0.2) is 24.5 Å². The molecule has 1 heterocycles. The van der Waals surface area contributed by atoms with Crippen LogP contribution >= 0.6 is 0 Å². The van der Waals surface area contributed by atoms with E-state index in [9.17, 15) is 5.11 Å². The first-order valence-electron chi connectivity index (χ1n) is 6.89. The summed E-state index contributed by atoms with van der Waals surface area (Å²) >= 11 is 0. The monoisotopic (exact) mass is 277 g/mol. The fourth-order valence-electron chi connectivity index (χ4n) is 1.85. The minimum absolute atomic E-state index is 0.107. The maximum atomic E-state index is 9.98. The quantitative estimate of drug-likeness (QED) is 0.742. The lowest BCUT2D eigenvalue weighted by Gasteiger charge is -2.24. The lowest BCUT2D eigenvalue weighted by molar-refractivity contribution is -0.00926. The highest BCUT2D eigenvalue weighted by molar-refractivity contribution is 5.08. The van der Waals surface area contributed by atoms with Crippen LogP contribution in [0.5, 0.6) is 0 Å². The van der Waals surface area contributed by atoms with Crippen molar-refractivity contribution >= 4 is 0 Å². The number of aliphatic hydroxyl groups excluding tert-OH is 1. The van der Waals surface area contributed by atoms with Crippen LogP contribution < -0.4 is 0 Å². The molecule has 110 valence electrons. The molecule has 0 aliphatic rings. The van der Waals surface area contributed by atoms with Gasteiger partial charge < -0.3 is 9.84 Å². The van der Waals surface area contributed by atoms with Gasteiger partial charge in [-0.2, -0.15) is 5.26 Å². The van der Waals surface area contributed by atoms with Crippen molar-refractivity contribution in [3.05, 3.63) is 30.1 Å². The van der Waals surface area contributed by atoms with Gasteiger partial charge in [0.1, 0.15) is 0 Å². The Morgan fingerprint density at radius 1 is 1.50 bits per heavy atom. The highest BCUT2D eigenvalue weighted by Gasteiger charge is 2.13. The Morgan fingerprint density at radius 3 is 2.90 bits per heavy atom. The molecule has 0 spiro atoms. The van der Waals surface area contributed by atoms with Crippen molar-refractivity contribution in [3.8, 4) is 6.07 Å². The molecular weight excluding hydrogens is 254 g/mol. The molecule has 0 aromatic carbocycles. The van der Waals surface area contributed by atoms with Crippen LogP contribution in [-0.2, 0) is 11.3 Å². The van der Waals surface area contributed by atoms with Crippen molar-refractivity contribution in [1.82, 2.24) is 9.88 Å². The Morgan fingerprint density at radius 2 is 2.30 bits per heavy atom. The van der Waals surface area contributed by atoms with Gasteiger partial charge in [-0.05, 0) is 25.5 Å². The van der Waals surface area contributed by atoms with Gasteiger partial charge in [0.15, 0.2) is 0 Å². The van der Waals surface area contributed by atoms with E-state index in [1.54, 1.807) is 12.4 Å². The standard InChI is InChI=1S/C15H23N3O2/c1-13(2)20-12-15(19)11-18(8-4-6-16)10-14-5-3-7-17-9-14/h3,5,7,9,13,15,19H,4,8,10-12H2,1-2H3. The van der Waals surface area contributed by atoms with Crippen LogP contribution in [0, 0.1) is 11.3 Å². The van der Waals surface area contributed by atoms with Gasteiger partial charge in [-0.15, -0.1) is 0 Å². The molecule has 20 heavy (non-hydrogen) atoms. The van der Waals surface area contributed by atoms with Crippen LogP contribution in [0.2, 0.25) is 0 Å². The number of pyridine rings is 1. The Kier molecular flexibility index (Phi) is 7.81. The fourth-order valence-corrected chi connectivity index (χ4v) is 1.85. The van der Waals surface area contributed by atoms with Crippen LogP contribution in [0.4, 0.5) is 0 Å². The maximum Gasteiger partial charge on any atom is 0.0900 e. The van der Waals surface area contributed by atoms with E-state index in [1.165, 1.54) is 0 Å². The largest absolute Gasteiger partial charge is 0.389 e. The predicted octanol–water partition coefficient (Wildman–Crippen LogP) is 1.58. The summed E-state index contributed by atoms with van der Waals surface area (Å²) in [5.41, 5.74) is 1.07. The molecular formula is C15H23N3O2. The van der Waals surface area contributed by atoms with Gasteiger partial charge >= 0.3 is 0 Å². The first kappa shape index (κ1) is 16.6. The van der Waals surface area contributed by atoms with Crippen molar-refractivity contribution in [1.29, 1.82) is 5.26 Å². The highest BCUT2D eigenvalue weighted by Crippen LogP contribution is 2.05.